The molecule has 2 aliphatic heterocycles. The fourth-order valence-electron chi connectivity index (χ4n) is 3.60. The number of likely N-dealkylation sites (tertiary alicyclic amines) is 2. The molecule has 0 aromatic carbocycles. The van der Waals surface area contributed by atoms with E-state index in [1.54, 1.807) is 6.92 Å². The standard InChI is InChI=1S/C14H26N2O/c1-11(17)7-14-9-12(10-16(14)3)8-13-5-4-6-15(13)2/h12-14H,4-10H2,1-3H3. The minimum atomic E-state index is 0.334. The second-order valence-electron chi connectivity index (χ2n) is 6.11. The molecule has 0 aromatic heterocycles. The molecule has 0 spiro atoms. The first-order valence-corrected chi connectivity index (χ1v) is 6.96. The van der Waals surface area contributed by atoms with E-state index in [0.29, 0.717) is 11.8 Å². The second kappa shape index (κ2) is 5.49. The molecule has 0 aromatic rings. The third-order valence-electron chi connectivity index (χ3n) is 4.57. The van der Waals surface area contributed by atoms with E-state index < -0.39 is 0 Å². The van der Waals surface area contributed by atoms with Crippen LogP contribution in [0, 0.1) is 5.92 Å². The summed E-state index contributed by atoms with van der Waals surface area (Å²) in [5.74, 6) is 1.13. The third-order valence-corrected chi connectivity index (χ3v) is 4.57. The van der Waals surface area contributed by atoms with Gasteiger partial charge in [-0.1, -0.05) is 0 Å². The zero-order valence-corrected chi connectivity index (χ0v) is 11.5. The predicted octanol–water partition coefficient (Wildman–Crippen LogP) is 1.77. The van der Waals surface area contributed by atoms with Gasteiger partial charge < -0.3 is 9.80 Å². The minimum Gasteiger partial charge on any atom is -0.303 e. The van der Waals surface area contributed by atoms with Gasteiger partial charge in [0.1, 0.15) is 5.78 Å². The molecule has 2 fully saturated rings. The van der Waals surface area contributed by atoms with Gasteiger partial charge in [0.15, 0.2) is 0 Å². The van der Waals surface area contributed by atoms with E-state index in [9.17, 15) is 4.79 Å². The highest BCUT2D eigenvalue weighted by atomic mass is 16.1. The van der Waals surface area contributed by atoms with Crippen molar-refractivity contribution in [3.63, 3.8) is 0 Å². The summed E-state index contributed by atoms with van der Waals surface area (Å²) in [5, 5.41) is 0. The van der Waals surface area contributed by atoms with Gasteiger partial charge in [-0.3, -0.25) is 4.79 Å². The SMILES string of the molecule is CC(=O)CC1CC(CC2CCCN2C)CN1C. The maximum Gasteiger partial charge on any atom is 0.131 e. The van der Waals surface area contributed by atoms with Crippen molar-refractivity contribution in [3.8, 4) is 0 Å². The van der Waals surface area contributed by atoms with Crippen LogP contribution >= 0.6 is 0 Å². The highest BCUT2D eigenvalue weighted by Crippen LogP contribution is 2.31. The summed E-state index contributed by atoms with van der Waals surface area (Å²) in [6.07, 6.45) is 6.03. The molecule has 2 saturated heterocycles. The van der Waals surface area contributed by atoms with Gasteiger partial charge in [-0.15, -0.1) is 0 Å². The molecule has 0 N–H and O–H groups in total. The van der Waals surface area contributed by atoms with Gasteiger partial charge in [-0.2, -0.15) is 0 Å². The fraction of sp³-hybridized carbons (Fsp3) is 0.929. The molecule has 3 atom stereocenters. The molecule has 0 amide bonds. The number of hydrogen-bond donors (Lipinski definition) is 0. The van der Waals surface area contributed by atoms with E-state index in [4.69, 9.17) is 0 Å². The summed E-state index contributed by atoms with van der Waals surface area (Å²) in [4.78, 5) is 16.1. The van der Waals surface area contributed by atoms with Crippen LogP contribution in [0.3, 0.4) is 0 Å². The van der Waals surface area contributed by atoms with Gasteiger partial charge in [0.25, 0.3) is 0 Å². The molecule has 17 heavy (non-hydrogen) atoms. The highest BCUT2D eigenvalue weighted by molar-refractivity contribution is 5.76. The summed E-state index contributed by atoms with van der Waals surface area (Å²) in [5.41, 5.74) is 0. The monoisotopic (exact) mass is 238 g/mol. The summed E-state index contributed by atoms with van der Waals surface area (Å²) >= 11 is 0. The molecule has 0 aliphatic carbocycles. The van der Waals surface area contributed by atoms with E-state index in [2.05, 4.69) is 23.9 Å². The van der Waals surface area contributed by atoms with E-state index in [0.717, 1.165) is 18.4 Å². The van der Waals surface area contributed by atoms with Gasteiger partial charge >= 0.3 is 0 Å². The molecule has 3 unspecified atom stereocenters. The van der Waals surface area contributed by atoms with Crippen molar-refractivity contribution >= 4 is 5.78 Å². The first kappa shape index (κ1) is 13.0. The Kier molecular flexibility index (Phi) is 4.21. The number of ketones is 1. The Balaban J connectivity index is 1.82. The Hall–Kier alpha value is -0.410. The van der Waals surface area contributed by atoms with Crippen LogP contribution in [-0.2, 0) is 4.79 Å². The van der Waals surface area contributed by atoms with Crippen LogP contribution in [0.1, 0.15) is 39.0 Å². The number of hydrogen-bond acceptors (Lipinski definition) is 3. The van der Waals surface area contributed by atoms with Gasteiger partial charge in [0.05, 0.1) is 0 Å². The molecule has 0 saturated carbocycles. The van der Waals surface area contributed by atoms with Crippen molar-refractivity contribution in [2.45, 2.75) is 51.1 Å². The van der Waals surface area contributed by atoms with Crippen LogP contribution in [0.2, 0.25) is 0 Å². The average Bonchev–Trinajstić information content (AvgIpc) is 2.76. The highest BCUT2D eigenvalue weighted by Gasteiger charge is 2.33. The van der Waals surface area contributed by atoms with Crippen molar-refractivity contribution in [3.05, 3.63) is 0 Å². The lowest BCUT2D eigenvalue weighted by molar-refractivity contribution is -0.117. The summed E-state index contributed by atoms with van der Waals surface area (Å²) in [6.45, 7) is 4.16. The van der Waals surface area contributed by atoms with Gasteiger partial charge in [0.2, 0.25) is 0 Å². The quantitative estimate of drug-likeness (QED) is 0.746. The predicted molar refractivity (Wildman–Crippen MR) is 70.1 cm³/mol. The first-order valence-electron chi connectivity index (χ1n) is 6.96. The van der Waals surface area contributed by atoms with Crippen LogP contribution in [0.5, 0.6) is 0 Å². The molecule has 3 heteroatoms. The molecular weight excluding hydrogens is 212 g/mol. The van der Waals surface area contributed by atoms with Gasteiger partial charge in [-0.25, -0.2) is 0 Å². The zero-order chi connectivity index (χ0) is 12.4. The molecular formula is C14H26N2O. The van der Waals surface area contributed by atoms with Crippen molar-refractivity contribution in [2.24, 2.45) is 5.92 Å². The summed E-state index contributed by atoms with van der Waals surface area (Å²) in [7, 11) is 4.43. The molecule has 98 valence electrons. The lowest BCUT2D eigenvalue weighted by Crippen LogP contribution is -2.28. The van der Waals surface area contributed by atoms with Gasteiger partial charge in [0, 0.05) is 25.0 Å². The summed E-state index contributed by atoms with van der Waals surface area (Å²) < 4.78 is 0. The van der Waals surface area contributed by atoms with Crippen molar-refractivity contribution in [1.29, 1.82) is 0 Å². The molecule has 3 nitrogen and oxygen atoms in total. The van der Waals surface area contributed by atoms with Crippen molar-refractivity contribution < 1.29 is 4.79 Å². The Morgan fingerprint density at radius 3 is 2.59 bits per heavy atom. The number of carbonyl (C=O) groups is 1. The lowest BCUT2D eigenvalue weighted by Gasteiger charge is -2.22. The van der Waals surface area contributed by atoms with Crippen molar-refractivity contribution in [2.75, 3.05) is 27.2 Å². The largest absolute Gasteiger partial charge is 0.303 e. The summed E-state index contributed by atoms with van der Waals surface area (Å²) in [6, 6.07) is 1.30. The van der Waals surface area contributed by atoms with Crippen LogP contribution in [0.4, 0.5) is 0 Å². The molecule has 2 heterocycles. The van der Waals surface area contributed by atoms with Crippen LogP contribution in [0.25, 0.3) is 0 Å². The number of carbonyl (C=O) groups excluding carboxylic acids is 1. The Bertz CT molecular complexity index is 279. The Morgan fingerprint density at radius 1 is 1.24 bits per heavy atom. The first-order chi connectivity index (χ1) is 8.06. The molecule has 2 aliphatic rings. The molecule has 0 radical (unpaired) electrons. The lowest BCUT2D eigenvalue weighted by atomic mass is 9.94. The van der Waals surface area contributed by atoms with Gasteiger partial charge in [-0.05, 0) is 59.2 Å². The third kappa shape index (κ3) is 3.29. The van der Waals surface area contributed by atoms with E-state index in [-0.39, 0.29) is 0 Å². The fourth-order valence-corrected chi connectivity index (χ4v) is 3.60. The maximum atomic E-state index is 11.2. The molecule has 2 rings (SSSR count). The molecule has 0 bridgehead atoms. The van der Waals surface area contributed by atoms with Crippen LogP contribution in [0.15, 0.2) is 0 Å². The number of Topliss-reactive ketones (excluding diaryl/α,β-unsaturated/α-hetero) is 1. The Morgan fingerprint density at radius 2 is 2.00 bits per heavy atom. The minimum absolute atomic E-state index is 0.334. The second-order valence-corrected chi connectivity index (χ2v) is 6.11. The van der Waals surface area contributed by atoms with E-state index >= 15 is 0 Å². The smallest absolute Gasteiger partial charge is 0.131 e. The number of rotatable bonds is 4. The van der Waals surface area contributed by atoms with E-state index in [1.165, 1.54) is 38.8 Å². The zero-order valence-electron chi connectivity index (χ0n) is 11.5. The normalized spacial score (nSPS) is 35.6. The number of nitrogens with zero attached hydrogens (tertiary/aromatic N) is 2. The van der Waals surface area contributed by atoms with Crippen LogP contribution in [-0.4, -0.2) is 54.9 Å². The van der Waals surface area contributed by atoms with Crippen LogP contribution < -0.4 is 0 Å². The van der Waals surface area contributed by atoms with Crippen molar-refractivity contribution in [1.82, 2.24) is 9.80 Å². The average molecular weight is 238 g/mol. The van der Waals surface area contributed by atoms with E-state index in [1.807, 2.05) is 0 Å². The maximum absolute atomic E-state index is 11.2. The Labute approximate surface area is 105 Å². The topological polar surface area (TPSA) is 23.6 Å².